The van der Waals surface area contributed by atoms with Crippen LogP contribution in [0.25, 0.3) is 0 Å². The molecule has 150 valence electrons. The van der Waals surface area contributed by atoms with Crippen molar-refractivity contribution < 1.29 is 8.42 Å². The molecule has 2 aliphatic heterocycles. The molecule has 2 saturated heterocycles. The van der Waals surface area contributed by atoms with E-state index in [-0.39, 0.29) is 0 Å². The number of hydrogen-bond donors (Lipinski definition) is 1. The van der Waals surface area contributed by atoms with E-state index in [0.29, 0.717) is 29.8 Å². The minimum absolute atomic E-state index is 0.386. The summed E-state index contributed by atoms with van der Waals surface area (Å²) in [6.07, 6.45) is 3.08. The van der Waals surface area contributed by atoms with E-state index in [0.717, 1.165) is 43.2 Å². The van der Waals surface area contributed by atoms with E-state index < -0.39 is 10.0 Å². The molecule has 8 heteroatoms. The summed E-state index contributed by atoms with van der Waals surface area (Å²) in [6, 6.07) is 7.23. The molecule has 0 aliphatic carbocycles. The highest BCUT2D eigenvalue weighted by Crippen LogP contribution is 2.22. The van der Waals surface area contributed by atoms with Crippen LogP contribution in [0.5, 0.6) is 0 Å². The van der Waals surface area contributed by atoms with Crippen molar-refractivity contribution in [2.24, 2.45) is 4.99 Å². The molecule has 0 aromatic heterocycles. The fourth-order valence-electron chi connectivity index (χ4n) is 3.53. The van der Waals surface area contributed by atoms with E-state index in [4.69, 9.17) is 0 Å². The molecule has 1 aromatic rings. The Morgan fingerprint density at radius 1 is 1.22 bits per heavy atom. The molecule has 1 N–H and O–H groups in total. The minimum atomic E-state index is -3.34. The van der Waals surface area contributed by atoms with Gasteiger partial charge in [-0.2, -0.15) is 16.1 Å². The van der Waals surface area contributed by atoms with E-state index in [1.54, 1.807) is 16.4 Å². The van der Waals surface area contributed by atoms with Gasteiger partial charge in [0.25, 0.3) is 0 Å². The largest absolute Gasteiger partial charge is 0.352 e. The van der Waals surface area contributed by atoms with Crippen molar-refractivity contribution in [2.75, 3.05) is 39.0 Å². The van der Waals surface area contributed by atoms with E-state index in [2.05, 4.69) is 22.1 Å². The van der Waals surface area contributed by atoms with Gasteiger partial charge in [0.05, 0.1) is 4.90 Å². The summed E-state index contributed by atoms with van der Waals surface area (Å²) >= 11 is 2.04. The van der Waals surface area contributed by atoms with Crippen LogP contribution < -0.4 is 5.32 Å². The van der Waals surface area contributed by atoms with Gasteiger partial charge in [0, 0.05) is 50.8 Å². The van der Waals surface area contributed by atoms with E-state index in [1.807, 2.05) is 30.9 Å². The number of aliphatic imine (C=N–C) groups is 1. The maximum atomic E-state index is 12.6. The van der Waals surface area contributed by atoms with Gasteiger partial charge < -0.3 is 10.2 Å². The molecule has 3 rings (SSSR count). The lowest BCUT2D eigenvalue weighted by molar-refractivity contribution is 0.408. The Morgan fingerprint density at radius 3 is 2.56 bits per heavy atom. The van der Waals surface area contributed by atoms with Crippen molar-refractivity contribution in [3.63, 3.8) is 0 Å². The molecule has 0 saturated carbocycles. The zero-order valence-corrected chi connectivity index (χ0v) is 17.9. The van der Waals surface area contributed by atoms with Crippen LogP contribution in [0.15, 0.2) is 34.2 Å². The van der Waals surface area contributed by atoms with E-state index in [9.17, 15) is 8.42 Å². The van der Waals surface area contributed by atoms with Gasteiger partial charge in [-0.3, -0.25) is 4.99 Å². The lowest BCUT2D eigenvalue weighted by Crippen LogP contribution is -2.47. The number of guanidine groups is 1. The number of nitrogens with zero attached hydrogens (tertiary/aromatic N) is 3. The number of nitrogens with one attached hydrogen (secondary N) is 1. The van der Waals surface area contributed by atoms with E-state index in [1.165, 1.54) is 6.42 Å². The van der Waals surface area contributed by atoms with Crippen LogP contribution in [-0.4, -0.2) is 67.8 Å². The van der Waals surface area contributed by atoms with E-state index >= 15 is 0 Å². The second-order valence-electron chi connectivity index (χ2n) is 7.00. The standard InChI is InChI=1S/C19H30N4O2S2/c1-3-17-15-22(12-13-26-17)19(20-2)21-14-16-6-8-18(9-7-16)27(24,25)23-10-4-5-11-23/h6-9,17H,3-5,10-15H2,1-2H3,(H,20,21). The molecule has 0 spiro atoms. The Morgan fingerprint density at radius 2 is 1.93 bits per heavy atom. The lowest BCUT2D eigenvalue weighted by atomic mass is 10.2. The number of rotatable bonds is 5. The molecule has 6 nitrogen and oxygen atoms in total. The molecular weight excluding hydrogens is 380 g/mol. The van der Waals surface area contributed by atoms with Crippen LogP contribution in [0.1, 0.15) is 31.7 Å². The molecule has 1 atom stereocenters. The Balaban J connectivity index is 1.59. The first-order chi connectivity index (χ1) is 13.0. The van der Waals surface area contributed by atoms with Gasteiger partial charge in [0.15, 0.2) is 5.96 Å². The smallest absolute Gasteiger partial charge is 0.243 e. The minimum Gasteiger partial charge on any atom is -0.352 e. The highest BCUT2D eigenvalue weighted by atomic mass is 32.2. The van der Waals surface area contributed by atoms with Gasteiger partial charge in [-0.15, -0.1) is 0 Å². The van der Waals surface area contributed by atoms with Crippen molar-refractivity contribution in [1.29, 1.82) is 0 Å². The maximum Gasteiger partial charge on any atom is 0.243 e. The van der Waals surface area contributed by atoms with Crippen LogP contribution in [0, 0.1) is 0 Å². The van der Waals surface area contributed by atoms with Crippen LogP contribution in [0.2, 0.25) is 0 Å². The molecule has 2 fully saturated rings. The molecule has 27 heavy (non-hydrogen) atoms. The molecule has 2 aliphatic rings. The van der Waals surface area contributed by atoms with Crippen molar-refractivity contribution >= 4 is 27.7 Å². The summed E-state index contributed by atoms with van der Waals surface area (Å²) in [5.74, 6) is 2.05. The third-order valence-electron chi connectivity index (χ3n) is 5.18. The molecule has 2 heterocycles. The summed E-state index contributed by atoms with van der Waals surface area (Å²) in [5.41, 5.74) is 1.05. The first-order valence-corrected chi connectivity index (χ1v) is 12.2. The highest BCUT2D eigenvalue weighted by Gasteiger charge is 2.27. The monoisotopic (exact) mass is 410 g/mol. The van der Waals surface area contributed by atoms with Crippen molar-refractivity contribution in [2.45, 2.75) is 42.9 Å². The van der Waals surface area contributed by atoms with Crippen LogP contribution in [0.3, 0.4) is 0 Å². The van der Waals surface area contributed by atoms with Crippen molar-refractivity contribution in [1.82, 2.24) is 14.5 Å². The lowest BCUT2D eigenvalue weighted by Gasteiger charge is -2.34. The zero-order valence-electron chi connectivity index (χ0n) is 16.2. The first-order valence-electron chi connectivity index (χ1n) is 9.71. The quantitative estimate of drug-likeness (QED) is 0.596. The second kappa shape index (κ2) is 9.30. The van der Waals surface area contributed by atoms with Gasteiger partial charge in [0.2, 0.25) is 10.0 Å². The fraction of sp³-hybridized carbons (Fsp3) is 0.632. The van der Waals surface area contributed by atoms with Gasteiger partial charge in [-0.05, 0) is 37.0 Å². The van der Waals surface area contributed by atoms with Gasteiger partial charge in [-0.25, -0.2) is 8.42 Å². The summed E-state index contributed by atoms with van der Waals surface area (Å²) in [6.45, 7) is 6.16. The van der Waals surface area contributed by atoms with Gasteiger partial charge >= 0.3 is 0 Å². The highest BCUT2D eigenvalue weighted by molar-refractivity contribution is 8.00. The Kier molecular flexibility index (Phi) is 7.05. The SMILES string of the molecule is CCC1CN(C(=NC)NCc2ccc(S(=O)(=O)N3CCCC3)cc2)CCS1. The average Bonchev–Trinajstić information content (AvgIpc) is 3.25. The molecule has 0 bridgehead atoms. The predicted octanol–water partition coefficient (Wildman–Crippen LogP) is 2.37. The molecule has 1 unspecified atom stereocenters. The Hall–Kier alpha value is -1.25. The molecular formula is C19H30N4O2S2. The summed E-state index contributed by atoms with van der Waals surface area (Å²) in [4.78, 5) is 7.13. The van der Waals surface area contributed by atoms with Crippen LogP contribution in [-0.2, 0) is 16.6 Å². The number of sulfonamides is 1. The third kappa shape index (κ3) is 4.97. The molecule has 0 amide bonds. The third-order valence-corrected chi connectivity index (χ3v) is 8.47. The molecule has 0 radical (unpaired) electrons. The predicted molar refractivity (Wildman–Crippen MR) is 113 cm³/mol. The Bertz CT molecular complexity index is 743. The number of hydrogen-bond acceptors (Lipinski definition) is 4. The fourth-order valence-corrected chi connectivity index (χ4v) is 6.23. The van der Waals surface area contributed by atoms with Crippen molar-refractivity contribution in [3.05, 3.63) is 29.8 Å². The zero-order chi connectivity index (χ0) is 19.3. The summed E-state index contributed by atoms with van der Waals surface area (Å²) in [5, 5.41) is 4.08. The normalized spacial score (nSPS) is 22.2. The first kappa shape index (κ1) is 20.5. The molecule has 1 aromatic carbocycles. The number of thioether (sulfide) groups is 1. The summed E-state index contributed by atoms with van der Waals surface area (Å²) in [7, 11) is -1.52. The van der Waals surface area contributed by atoms with Crippen LogP contribution >= 0.6 is 11.8 Å². The maximum absolute atomic E-state index is 12.6. The van der Waals surface area contributed by atoms with Gasteiger partial charge in [-0.1, -0.05) is 19.1 Å². The second-order valence-corrected chi connectivity index (χ2v) is 10.3. The van der Waals surface area contributed by atoms with Crippen LogP contribution in [0.4, 0.5) is 0 Å². The topological polar surface area (TPSA) is 65.0 Å². The number of benzene rings is 1. The van der Waals surface area contributed by atoms with Crippen molar-refractivity contribution in [3.8, 4) is 0 Å². The summed E-state index contributed by atoms with van der Waals surface area (Å²) < 4.78 is 26.8. The average molecular weight is 411 g/mol. The van der Waals surface area contributed by atoms with Gasteiger partial charge in [0.1, 0.15) is 0 Å². The Labute approximate surface area is 167 Å².